The maximum Gasteiger partial charge on any atom is 0.305 e. The van der Waals surface area contributed by atoms with Crippen LogP contribution in [-0.2, 0) is 28.6 Å². The van der Waals surface area contributed by atoms with Gasteiger partial charge in [-0.05, 0) is 19.8 Å². The summed E-state index contributed by atoms with van der Waals surface area (Å²) in [5, 5.41) is 0. The highest BCUT2D eigenvalue weighted by Crippen LogP contribution is 2.01. The van der Waals surface area contributed by atoms with Gasteiger partial charge >= 0.3 is 17.9 Å². The fourth-order valence-electron chi connectivity index (χ4n) is 1.25. The van der Waals surface area contributed by atoms with Crippen LogP contribution in [0.4, 0.5) is 0 Å². The van der Waals surface area contributed by atoms with Crippen LogP contribution in [0.5, 0.6) is 0 Å². The molecule has 1 aliphatic rings. The van der Waals surface area contributed by atoms with E-state index in [1.165, 1.54) is 20.3 Å². The third kappa shape index (κ3) is 23.9. The monoisotopic (exact) mass is 304 g/mol. The van der Waals surface area contributed by atoms with Crippen molar-refractivity contribution in [2.24, 2.45) is 0 Å². The Morgan fingerprint density at radius 1 is 1.10 bits per heavy atom. The SMILES string of the molecule is CCCCCOC(C)=O.CCOC(C)=O.O=C1CCCO1. The lowest BCUT2D eigenvalue weighted by molar-refractivity contribution is -0.141. The molecule has 0 aromatic carbocycles. The molecular weight excluding hydrogens is 276 g/mol. The molecule has 0 saturated carbocycles. The molecule has 0 bridgehead atoms. The Labute approximate surface area is 127 Å². The van der Waals surface area contributed by atoms with Gasteiger partial charge in [0, 0.05) is 20.3 Å². The Morgan fingerprint density at radius 2 is 1.71 bits per heavy atom. The number of rotatable bonds is 5. The Balaban J connectivity index is 0. The van der Waals surface area contributed by atoms with Gasteiger partial charge in [0.15, 0.2) is 0 Å². The molecule has 1 aliphatic heterocycles. The number of hydrogen-bond donors (Lipinski definition) is 0. The fourth-order valence-corrected chi connectivity index (χ4v) is 1.25. The summed E-state index contributed by atoms with van der Waals surface area (Å²) in [5.41, 5.74) is 0. The van der Waals surface area contributed by atoms with Crippen molar-refractivity contribution >= 4 is 17.9 Å². The first kappa shape index (κ1) is 21.7. The number of hydrogen-bond acceptors (Lipinski definition) is 6. The summed E-state index contributed by atoms with van der Waals surface area (Å²) < 4.78 is 13.6. The highest BCUT2D eigenvalue weighted by molar-refractivity contribution is 5.70. The molecule has 21 heavy (non-hydrogen) atoms. The quantitative estimate of drug-likeness (QED) is 0.441. The summed E-state index contributed by atoms with van der Waals surface area (Å²) in [4.78, 5) is 30.0. The van der Waals surface area contributed by atoms with Crippen LogP contribution in [0.1, 0.15) is 59.8 Å². The molecule has 0 aliphatic carbocycles. The molecule has 0 amide bonds. The molecule has 0 aromatic rings. The zero-order valence-electron chi connectivity index (χ0n) is 13.6. The van der Waals surface area contributed by atoms with Gasteiger partial charge in [0.1, 0.15) is 0 Å². The van der Waals surface area contributed by atoms with E-state index in [1.807, 2.05) is 0 Å². The molecule has 0 spiro atoms. The van der Waals surface area contributed by atoms with Crippen LogP contribution in [0.2, 0.25) is 0 Å². The van der Waals surface area contributed by atoms with Crippen LogP contribution in [0.25, 0.3) is 0 Å². The second kappa shape index (κ2) is 16.5. The topological polar surface area (TPSA) is 78.9 Å². The van der Waals surface area contributed by atoms with Crippen LogP contribution in [-0.4, -0.2) is 37.7 Å². The van der Waals surface area contributed by atoms with Crippen LogP contribution in [0, 0.1) is 0 Å². The van der Waals surface area contributed by atoms with E-state index in [-0.39, 0.29) is 17.9 Å². The van der Waals surface area contributed by atoms with Crippen molar-refractivity contribution in [3.8, 4) is 0 Å². The van der Waals surface area contributed by atoms with Gasteiger partial charge in [0.05, 0.1) is 19.8 Å². The number of carbonyl (C=O) groups is 3. The Hall–Kier alpha value is -1.59. The third-order valence-electron chi connectivity index (χ3n) is 2.19. The highest BCUT2D eigenvalue weighted by atomic mass is 16.5. The molecule has 0 aromatic heterocycles. The van der Waals surface area contributed by atoms with E-state index in [0.29, 0.717) is 26.2 Å². The van der Waals surface area contributed by atoms with E-state index in [0.717, 1.165) is 19.3 Å². The number of cyclic esters (lactones) is 1. The van der Waals surface area contributed by atoms with Gasteiger partial charge in [0.25, 0.3) is 0 Å². The average Bonchev–Trinajstić information content (AvgIpc) is 2.87. The van der Waals surface area contributed by atoms with E-state index in [4.69, 9.17) is 4.74 Å². The van der Waals surface area contributed by atoms with Gasteiger partial charge in [-0.3, -0.25) is 14.4 Å². The zero-order chi connectivity index (χ0) is 16.5. The van der Waals surface area contributed by atoms with Crippen molar-refractivity contribution in [3.63, 3.8) is 0 Å². The lowest BCUT2D eigenvalue weighted by atomic mass is 10.3. The molecule has 1 heterocycles. The van der Waals surface area contributed by atoms with Crippen LogP contribution < -0.4 is 0 Å². The lowest BCUT2D eigenvalue weighted by Crippen LogP contribution is -1.99. The van der Waals surface area contributed by atoms with Gasteiger partial charge in [0.2, 0.25) is 0 Å². The standard InChI is InChI=1S/C7H14O2.C4H6O2.C4H8O2/c1-3-4-5-6-9-7(2)8;5-4-2-1-3-6-4;1-3-6-4(2)5/h3-6H2,1-2H3;1-3H2;3H2,1-2H3. The molecule has 0 radical (unpaired) electrons. The summed E-state index contributed by atoms with van der Waals surface area (Å²) in [6.45, 7) is 8.43. The first-order valence-electron chi connectivity index (χ1n) is 7.36. The Morgan fingerprint density at radius 3 is 1.95 bits per heavy atom. The molecule has 1 fully saturated rings. The minimum absolute atomic E-state index is 0.0463. The predicted octanol–water partition coefficient (Wildman–Crippen LogP) is 2.63. The average molecular weight is 304 g/mol. The van der Waals surface area contributed by atoms with Crippen molar-refractivity contribution < 1.29 is 28.6 Å². The molecule has 0 atom stereocenters. The summed E-state index contributed by atoms with van der Waals surface area (Å²) in [5.74, 6) is -0.432. The smallest absolute Gasteiger partial charge is 0.305 e. The van der Waals surface area contributed by atoms with Gasteiger partial charge < -0.3 is 14.2 Å². The highest BCUT2D eigenvalue weighted by Gasteiger charge is 2.08. The van der Waals surface area contributed by atoms with Gasteiger partial charge in [-0.25, -0.2) is 0 Å². The second-order valence-corrected chi connectivity index (χ2v) is 4.30. The first-order valence-corrected chi connectivity index (χ1v) is 7.36. The van der Waals surface area contributed by atoms with E-state index >= 15 is 0 Å². The number of unbranched alkanes of at least 4 members (excludes halogenated alkanes) is 2. The summed E-state index contributed by atoms with van der Waals surface area (Å²) in [7, 11) is 0. The van der Waals surface area contributed by atoms with Gasteiger partial charge in [-0.15, -0.1) is 0 Å². The summed E-state index contributed by atoms with van der Waals surface area (Å²) >= 11 is 0. The third-order valence-corrected chi connectivity index (χ3v) is 2.19. The summed E-state index contributed by atoms with van der Waals surface area (Å²) in [6.07, 6.45) is 4.85. The predicted molar refractivity (Wildman–Crippen MR) is 78.7 cm³/mol. The van der Waals surface area contributed by atoms with Crippen LogP contribution in [0.3, 0.4) is 0 Å². The van der Waals surface area contributed by atoms with Crippen molar-refractivity contribution in [1.82, 2.24) is 0 Å². The largest absolute Gasteiger partial charge is 0.466 e. The minimum atomic E-state index is -0.211. The van der Waals surface area contributed by atoms with Crippen molar-refractivity contribution in [3.05, 3.63) is 0 Å². The molecule has 1 saturated heterocycles. The number of ether oxygens (including phenoxy) is 3. The van der Waals surface area contributed by atoms with E-state index in [9.17, 15) is 14.4 Å². The molecule has 124 valence electrons. The maximum atomic E-state index is 10.2. The van der Waals surface area contributed by atoms with Crippen molar-refractivity contribution in [1.29, 1.82) is 0 Å². The molecule has 6 nitrogen and oxygen atoms in total. The van der Waals surface area contributed by atoms with Crippen LogP contribution in [0.15, 0.2) is 0 Å². The number of esters is 3. The molecule has 0 unspecified atom stereocenters. The molecular formula is C15H28O6. The maximum absolute atomic E-state index is 10.2. The Bertz CT molecular complexity index is 280. The number of carbonyl (C=O) groups excluding carboxylic acids is 3. The van der Waals surface area contributed by atoms with Gasteiger partial charge in [-0.2, -0.15) is 0 Å². The van der Waals surface area contributed by atoms with Gasteiger partial charge in [-0.1, -0.05) is 19.8 Å². The van der Waals surface area contributed by atoms with E-state index in [2.05, 4.69) is 16.4 Å². The Kier molecular flexibility index (Phi) is 17.0. The molecule has 6 heteroatoms. The molecule has 0 N–H and O–H groups in total. The zero-order valence-corrected chi connectivity index (χ0v) is 13.6. The normalized spacial score (nSPS) is 12.1. The van der Waals surface area contributed by atoms with E-state index < -0.39 is 0 Å². The lowest BCUT2D eigenvalue weighted by Gasteiger charge is -1.98. The van der Waals surface area contributed by atoms with E-state index in [1.54, 1.807) is 6.92 Å². The van der Waals surface area contributed by atoms with Crippen molar-refractivity contribution in [2.45, 2.75) is 59.8 Å². The van der Waals surface area contributed by atoms with Crippen molar-refractivity contribution in [2.75, 3.05) is 19.8 Å². The minimum Gasteiger partial charge on any atom is -0.466 e. The fraction of sp³-hybridized carbons (Fsp3) is 0.800. The second-order valence-electron chi connectivity index (χ2n) is 4.30. The van der Waals surface area contributed by atoms with Crippen LogP contribution >= 0.6 is 0 Å². The molecule has 1 rings (SSSR count). The first-order chi connectivity index (χ1) is 9.93. The summed E-state index contributed by atoms with van der Waals surface area (Å²) in [6, 6.07) is 0.